The Labute approximate surface area is 152 Å². The third-order valence-corrected chi connectivity index (χ3v) is 4.07. The minimum Gasteiger partial charge on any atom is -0.350 e. The van der Waals surface area contributed by atoms with Gasteiger partial charge in [0.15, 0.2) is 0 Å². The van der Waals surface area contributed by atoms with Crippen molar-refractivity contribution in [1.82, 2.24) is 14.9 Å². The van der Waals surface area contributed by atoms with Crippen LogP contribution in [0.3, 0.4) is 0 Å². The van der Waals surface area contributed by atoms with Gasteiger partial charge in [-0.05, 0) is 26.0 Å². The molecule has 26 heavy (non-hydrogen) atoms. The Bertz CT molecular complexity index is 958. The highest BCUT2D eigenvalue weighted by atomic mass is 16.1. The number of rotatable bonds is 5. The van der Waals surface area contributed by atoms with Gasteiger partial charge < -0.3 is 5.32 Å². The van der Waals surface area contributed by atoms with Crippen LogP contribution in [0.5, 0.6) is 0 Å². The summed E-state index contributed by atoms with van der Waals surface area (Å²) in [6.07, 6.45) is 1.52. The van der Waals surface area contributed by atoms with E-state index in [2.05, 4.69) is 10.3 Å². The Hall–Kier alpha value is -3.21. The van der Waals surface area contributed by atoms with Crippen LogP contribution < -0.4 is 10.9 Å². The van der Waals surface area contributed by atoms with Crippen LogP contribution in [0.4, 0.5) is 0 Å². The van der Waals surface area contributed by atoms with Crippen molar-refractivity contribution >= 4 is 5.91 Å². The summed E-state index contributed by atoms with van der Waals surface area (Å²) in [5.41, 5.74) is 4.14. The lowest BCUT2D eigenvalue weighted by Gasteiger charge is -2.09. The molecular weight excluding hydrogens is 326 g/mol. The average Bonchev–Trinajstić information content (AvgIpc) is 2.63. The molecule has 0 saturated heterocycles. The maximum atomic E-state index is 12.3. The molecule has 1 N–H and O–H groups in total. The molecule has 1 heterocycles. The molecule has 0 unspecified atom stereocenters. The van der Waals surface area contributed by atoms with Gasteiger partial charge >= 0.3 is 0 Å². The van der Waals surface area contributed by atoms with Crippen molar-refractivity contribution < 1.29 is 4.79 Å². The van der Waals surface area contributed by atoms with Crippen LogP contribution in [-0.4, -0.2) is 22.0 Å². The van der Waals surface area contributed by atoms with E-state index in [1.54, 1.807) is 0 Å². The average molecular weight is 347 g/mol. The minimum absolute atomic E-state index is 0.139. The van der Waals surface area contributed by atoms with Crippen molar-refractivity contribution in [2.24, 2.45) is 0 Å². The molecule has 0 aliphatic heterocycles. The molecule has 0 atom stereocenters. The number of amides is 1. The van der Waals surface area contributed by atoms with Gasteiger partial charge in [-0.1, -0.05) is 47.5 Å². The van der Waals surface area contributed by atoms with Crippen molar-refractivity contribution in [2.75, 3.05) is 6.54 Å². The zero-order chi connectivity index (χ0) is 18.5. The number of aromatic nitrogens is 2. The van der Waals surface area contributed by atoms with Gasteiger partial charge in [-0.15, -0.1) is 0 Å². The van der Waals surface area contributed by atoms with Gasteiger partial charge in [0.2, 0.25) is 0 Å². The highest BCUT2D eigenvalue weighted by Gasteiger charge is 2.07. The predicted octanol–water partition coefficient (Wildman–Crippen LogP) is 2.96. The van der Waals surface area contributed by atoms with Gasteiger partial charge in [0.25, 0.3) is 11.5 Å². The predicted molar refractivity (Wildman–Crippen MR) is 102 cm³/mol. The van der Waals surface area contributed by atoms with E-state index < -0.39 is 0 Å². The summed E-state index contributed by atoms with van der Waals surface area (Å²) in [6.45, 7) is 4.65. The first-order valence-electron chi connectivity index (χ1n) is 8.51. The molecule has 0 aliphatic rings. The Morgan fingerprint density at radius 1 is 1.04 bits per heavy atom. The van der Waals surface area contributed by atoms with Gasteiger partial charge in [-0.2, -0.15) is 0 Å². The van der Waals surface area contributed by atoms with Crippen LogP contribution in [0, 0.1) is 13.8 Å². The van der Waals surface area contributed by atoms with E-state index in [9.17, 15) is 9.59 Å². The smallest absolute Gasteiger partial charge is 0.253 e. The maximum absolute atomic E-state index is 12.3. The van der Waals surface area contributed by atoms with Crippen LogP contribution in [0.15, 0.2) is 65.7 Å². The standard InChI is InChI=1S/C21H21N3O2/c1-15-10-16(2)12-18(11-15)21(26)22-8-9-24-14-23-19(13-20(24)25)17-6-4-3-5-7-17/h3-7,10-14H,8-9H2,1-2H3,(H,22,26). The zero-order valence-electron chi connectivity index (χ0n) is 14.9. The van der Waals surface area contributed by atoms with Crippen LogP contribution in [-0.2, 0) is 6.54 Å². The lowest BCUT2D eigenvalue weighted by Crippen LogP contribution is -2.30. The van der Waals surface area contributed by atoms with Gasteiger partial charge in [0.05, 0.1) is 12.0 Å². The van der Waals surface area contributed by atoms with Crippen molar-refractivity contribution in [2.45, 2.75) is 20.4 Å². The third-order valence-electron chi connectivity index (χ3n) is 4.07. The van der Waals surface area contributed by atoms with Crippen molar-refractivity contribution in [1.29, 1.82) is 0 Å². The molecule has 5 nitrogen and oxygen atoms in total. The lowest BCUT2D eigenvalue weighted by molar-refractivity contribution is 0.0952. The Morgan fingerprint density at radius 3 is 2.38 bits per heavy atom. The Morgan fingerprint density at radius 2 is 1.73 bits per heavy atom. The van der Waals surface area contributed by atoms with E-state index >= 15 is 0 Å². The van der Waals surface area contributed by atoms with Gasteiger partial charge in [0.1, 0.15) is 0 Å². The molecule has 0 radical (unpaired) electrons. The fourth-order valence-electron chi connectivity index (χ4n) is 2.86. The first-order valence-corrected chi connectivity index (χ1v) is 8.51. The number of carbonyl (C=O) groups is 1. The number of nitrogens with zero attached hydrogens (tertiary/aromatic N) is 2. The highest BCUT2D eigenvalue weighted by Crippen LogP contribution is 2.13. The number of aryl methyl sites for hydroxylation is 2. The molecule has 0 saturated carbocycles. The molecule has 0 bridgehead atoms. The topological polar surface area (TPSA) is 64.0 Å². The fraction of sp³-hybridized carbons (Fsp3) is 0.190. The van der Waals surface area contributed by atoms with E-state index in [1.807, 2.05) is 62.4 Å². The summed E-state index contributed by atoms with van der Waals surface area (Å²) in [4.78, 5) is 28.8. The number of nitrogens with one attached hydrogen (secondary N) is 1. The summed E-state index contributed by atoms with van der Waals surface area (Å²) in [7, 11) is 0. The van der Waals surface area contributed by atoms with Crippen molar-refractivity contribution in [3.05, 3.63) is 88.0 Å². The van der Waals surface area contributed by atoms with E-state index in [4.69, 9.17) is 0 Å². The summed E-state index contributed by atoms with van der Waals surface area (Å²) >= 11 is 0. The summed E-state index contributed by atoms with van der Waals surface area (Å²) in [5, 5.41) is 2.85. The maximum Gasteiger partial charge on any atom is 0.253 e. The van der Waals surface area contributed by atoms with E-state index in [-0.39, 0.29) is 11.5 Å². The Balaban J connectivity index is 1.63. The SMILES string of the molecule is Cc1cc(C)cc(C(=O)NCCn2cnc(-c3ccccc3)cc2=O)c1. The number of hydrogen-bond donors (Lipinski definition) is 1. The fourth-order valence-corrected chi connectivity index (χ4v) is 2.86. The molecule has 0 spiro atoms. The second-order valence-electron chi connectivity index (χ2n) is 6.30. The van der Waals surface area contributed by atoms with E-state index in [0.717, 1.165) is 16.7 Å². The monoisotopic (exact) mass is 347 g/mol. The number of benzene rings is 2. The van der Waals surface area contributed by atoms with E-state index in [0.29, 0.717) is 24.3 Å². The molecular formula is C21H21N3O2. The molecule has 1 aromatic heterocycles. The summed E-state index contributed by atoms with van der Waals surface area (Å²) in [6, 6.07) is 16.8. The number of hydrogen-bond acceptors (Lipinski definition) is 3. The summed E-state index contributed by atoms with van der Waals surface area (Å²) in [5.74, 6) is -0.140. The molecule has 0 fully saturated rings. The molecule has 5 heteroatoms. The minimum atomic E-state index is -0.140. The van der Waals surface area contributed by atoms with Gasteiger partial charge in [-0.3, -0.25) is 14.2 Å². The van der Waals surface area contributed by atoms with Crippen LogP contribution in [0.25, 0.3) is 11.3 Å². The molecule has 2 aromatic carbocycles. The largest absolute Gasteiger partial charge is 0.350 e. The third kappa shape index (κ3) is 4.25. The van der Waals surface area contributed by atoms with E-state index in [1.165, 1.54) is 17.0 Å². The van der Waals surface area contributed by atoms with Gasteiger partial charge in [-0.25, -0.2) is 4.98 Å². The second kappa shape index (κ2) is 7.78. The highest BCUT2D eigenvalue weighted by molar-refractivity contribution is 5.94. The Kier molecular flexibility index (Phi) is 5.27. The normalized spacial score (nSPS) is 10.5. The first kappa shape index (κ1) is 17.6. The molecule has 1 amide bonds. The van der Waals surface area contributed by atoms with Crippen LogP contribution in [0.1, 0.15) is 21.5 Å². The second-order valence-corrected chi connectivity index (χ2v) is 6.30. The molecule has 3 rings (SSSR count). The van der Waals surface area contributed by atoms with Crippen molar-refractivity contribution in [3.8, 4) is 11.3 Å². The summed E-state index contributed by atoms with van der Waals surface area (Å²) < 4.78 is 1.49. The first-order chi connectivity index (χ1) is 12.5. The lowest BCUT2D eigenvalue weighted by atomic mass is 10.1. The zero-order valence-corrected chi connectivity index (χ0v) is 14.9. The molecule has 3 aromatic rings. The van der Waals surface area contributed by atoms with Crippen LogP contribution >= 0.6 is 0 Å². The van der Waals surface area contributed by atoms with Gasteiger partial charge in [0, 0.05) is 30.3 Å². The van der Waals surface area contributed by atoms with Crippen molar-refractivity contribution in [3.63, 3.8) is 0 Å². The number of carbonyl (C=O) groups excluding carboxylic acids is 1. The molecule has 132 valence electrons. The van der Waals surface area contributed by atoms with Crippen LogP contribution in [0.2, 0.25) is 0 Å². The quantitative estimate of drug-likeness (QED) is 0.772. The molecule has 0 aliphatic carbocycles.